The predicted molar refractivity (Wildman–Crippen MR) is 40.9 cm³/mol. The Morgan fingerprint density at radius 1 is 1.67 bits per heavy atom. The molecule has 0 heterocycles. The van der Waals surface area contributed by atoms with E-state index in [0.29, 0.717) is 6.61 Å². The van der Waals surface area contributed by atoms with Crippen molar-refractivity contribution in [2.45, 2.75) is 12.5 Å². The average Bonchev–Trinajstić information content (AvgIpc) is 1.85. The maximum absolute atomic E-state index is 9.08. The summed E-state index contributed by atoms with van der Waals surface area (Å²) in [5, 5.41) is 9.08. The number of thioether (sulfide) groups is 1. The van der Waals surface area contributed by atoms with E-state index in [0.717, 1.165) is 12.2 Å². The molecular formula is C6H14O2S. The molecule has 0 bridgehead atoms. The van der Waals surface area contributed by atoms with Gasteiger partial charge in [-0.05, 0) is 12.7 Å². The third-order valence-corrected chi connectivity index (χ3v) is 1.73. The molecule has 0 spiro atoms. The molecule has 0 rings (SSSR count). The van der Waals surface area contributed by atoms with Crippen molar-refractivity contribution >= 4 is 11.8 Å². The smallest absolute Gasteiger partial charge is 0.0652 e. The van der Waals surface area contributed by atoms with E-state index in [9.17, 15) is 0 Å². The molecule has 2 nitrogen and oxygen atoms in total. The Balaban J connectivity index is 2.95. The Bertz CT molecular complexity index is 59.0. The topological polar surface area (TPSA) is 29.5 Å². The first-order valence-corrected chi connectivity index (χ1v) is 4.36. The molecule has 1 atom stereocenters. The molecule has 0 amide bonds. The molecular weight excluding hydrogens is 136 g/mol. The monoisotopic (exact) mass is 150 g/mol. The van der Waals surface area contributed by atoms with Gasteiger partial charge < -0.3 is 9.84 Å². The van der Waals surface area contributed by atoms with E-state index in [2.05, 4.69) is 0 Å². The fourth-order valence-corrected chi connectivity index (χ4v) is 1.08. The van der Waals surface area contributed by atoms with E-state index in [4.69, 9.17) is 9.84 Å². The van der Waals surface area contributed by atoms with Crippen LogP contribution in [0.4, 0.5) is 0 Å². The van der Waals surface area contributed by atoms with Crippen LogP contribution in [0.15, 0.2) is 0 Å². The van der Waals surface area contributed by atoms with Gasteiger partial charge in [-0.25, -0.2) is 0 Å². The maximum Gasteiger partial charge on any atom is 0.0652 e. The van der Waals surface area contributed by atoms with Gasteiger partial charge in [0.15, 0.2) is 0 Å². The van der Waals surface area contributed by atoms with Crippen molar-refractivity contribution in [3.05, 3.63) is 0 Å². The number of ether oxygens (including phenoxy) is 1. The average molecular weight is 150 g/mol. The minimum atomic E-state index is -0.194. The second-order valence-electron chi connectivity index (χ2n) is 1.89. The Morgan fingerprint density at radius 2 is 2.33 bits per heavy atom. The lowest BCUT2D eigenvalue weighted by Gasteiger charge is -2.06. The molecule has 0 fully saturated rings. The third kappa shape index (κ3) is 6.15. The zero-order valence-corrected chi connectivity index (χ0v) is 6.78. The van der Waals surface area contributed by atoms with Gasteiger partial charge >= 0.3 is 0 Å². The van der Waals surface area contributed by atoms with Crippen molar-refractivity contribution in [3.63, 3.8) is 0 Å². The Kier molecular flexibility index (Phi) is 6.58. The minimum absolute atomic E-state index is 0.194. The van der Waals surface area contributed by atoms with E-state index in [1.165, 1.54) is 0 Å². The third-order valence-electron chi connectivity index (χ3n) is 1.01. The normalized spacial score (nSPS) is 13.7. The first kappa shape index (κ1) is 9.27. The number of aliphatic hydroxyl groups excluding tert-OH is 1. The molecule has 0 aliphatic rings. The van der Waals surface area contributed by atoms with Crippen molar-refractivity contribution in [2.75, 3.05) is 25.7 Å². The van der Waals surface area contributed by atoms with Gasteiger partial charge in [-0.1, -0.05) is 0 Å². The van der Waals surface area contributed by atoms with Gasteiger partial charge in [0.25, 0.3) is 0 Å². The molecule has 0 aromatic heterocycles. The van der Waals surface area contributed by atoms with Crippen LogP contribution in [0.1, 0.15) is 6.42 Å². The van der Waals surface area contributed by atoms with Gasteiger partial charge in [-0.3, -0.25) is 0 Å². The van der Waals surface area contributed by atoms with Crippen LogP contribution >= 0.6 is 11.8 Å². The van der Waals surface area contributed by atoms with Crippen LogP contribution in [0.25, 0.3) is 0 Å². The van der Waals surface area contributed by atoms with Crippen LogP contribution in [0.5, 0.6) is 0 Å². The Morgan fingerprint density at radius 3 is 2.78 bits per heavy atom. The Hall–Kier alpha value is 0.270. The summed E-state index contributed by atoms with van der Waals surface area (Å²) in [5.41, 5.74) is 0. The second kappa shape index (κ2) is 6.39. The second-order valence-corrected chi connectivity index (χ2v) is 2.80. The van der Waals surface area contributed by atoms with E-state index in [1.54, 1.807) is 18.9 Å². The number of rotatable bonds is 5. The SMILES string of the molecule is COCCC(O)CSC. The molecule has 0 aliphatic carbocycles. The highest BCUT2D eigenvalue weighted by Gasteiger charge is 2.00. The molecule has 9 heavy (non-hydrogen) atoms. The highest BCUT2D eigenvalue weighted by atomic mass is 32.2. The fourth-order valence-electron chi connectivity index (χ4n) is 0.530. The molecule has 1 unspecified atom stereocenters. The zero-order chi connectivity index (χ0) is 7.11. The zero-order valence-electron chi connectivity index (χ0n) is 5.96. The van der Waals surface area contributed by atoms with E-state index in [1.807, 2.05) is 6.26 Å². The highest BCUT2D eigenvalue weighted by Crippen LogP contribution is 2.00. The van der Waals surface area contributed by atoms with Gasteiger partial charge in [-0.2, -0.15) is 11.8 Å². The van der Waals surface area contributed by atoms with Gasteiger partial charge in [-0.15, -0.1) is 0 Å². The first-order chi connectivity index (χ1) is 4.31. The van der Waals surface area contributed by atoms with Gasteiger partial charge in [0.1, 0.15) is 0 Å². The highest BCUT2D eigenvalue weighted by molar-refractivity contribution is 7.98. The van der Waals surface area contributed by atoms with Crippen LogP contribution in [0, 0.1) is 0 Å². The van der Waals surface area contributed by atoms with Gasteiger partial charge in [0, 0.05) is 19.5 Å². The number of methoxy groups -OCH3 is 1. The van der Waals surface area contributed by atoms with Crippen LogP contribution in [0.2, 0.25) is 0 Å². The quantitative estimate of drug-likeness (QED) is 0.627. The van der Waals surface area contributed by atoms with Gasteiger partial charge in [0.2, 0.25) is 0 Å². The van der Waals surface area contributed by atoms with Crippen molar-refractivity contribution in [3.8, 4) is 0 Å². The maximum atomic E-state index is 9.08. The molecule has 0 saturated heterocycles. The summed E-state index contributed by atoms with van der Waals surface area (Å²) in [5.74, 6) is 0.809. The lowest BCUT2D eigenvalue weighted by molar-refractivity contribution is 0.124. The number of hydrogen-bond donors (Lipinski definition) is 1. The lowest BCUT2D eigenvalue weighted by Crippen LogP contribution is -2.12. The summed E-state index contributed by atoms with van der Waals surface area (Å²) >= 11 is 1.65. The summed E-state index contributed by atoms with van der Waals surface area (Å²) in [6.07, 6.45) is 2.54. The van der Waals surface area contributed by atoms with Crippen LogP contribution in [-0.2, 0) is 4.74 Å². The standard InChI is InChI=1S/C6H14O2S/c1-8-4-3-6(7)5-9-2/h6-7H,3-5H2,1-2H3. The summed E-state index contributed by atoms with van der Waals surface area (Å²) in [6, 6.07) is 0. The summed E-state index contributed by atoms with van der Waals surface area (Å²) in [6.45, 7) is 0.654. The molecule has 1 N–H and O–H groups in total. The van der Waals surface area contributed by atoms with Crippen molar-refractivity contribution < 1.29 is 9.84 Å². The summed E-state index contributed by atoms with van der Waals surface area (Å²) < 4.78 is 4.79. The molecule has 3 heteroatoms. The largest absolute Gasteiger partial charge is 0.392 e. The molecule has 0 radical (unpaired) electrons. The van der Waals surface area contributed by atoms with Crippen molar-refractivity contribution in [1.29, 1.82) is 0 Å². The Labute approximate surface area is 60.6 Å². The number of hydrogen-bond acceptors (Lipinski definition) is 3. The summed E-state index contributed by atoms with van der Waals surface area (Å²) in [7, 11) is 1.64. The molecule has 0 aromatic carbocycles. The summed E-state index contributed by atoms with van der Waals surface area (Å²) in [4.78, 5) is 0. The minimum Gasteiger partial charge on any atom is -0.392 e. The van der Waals surface area contributed by atoms with Crippen molar-refractivity contribution in [1.82, 2.24) is 0 Å². The van der Waals surface area contributed by atoms with Crippen LogP contribution in [0.3, 0.4) is 0 Å². The van der Waals surface area contributed by atoms with Crippen LogP contribution in [-0.4, -0.2) is 36.9 Å². The van der Waals surface area contributed by atoms with Crippen molar-refractivity contribution in [2.24, 2.45) is 0 Å². The molecule has 0 aliphatic heterocycles. The van der Waals surface area contributed by atoms with Crippen LogP contribution < -0.4 is 0 Å². The number of aliphatic hydroxyl groups is 1. The predicted octanol–water partition coefficient (Wildman–Crippen LogP) is 0.747. The fraction of sp³-hybridized carbons (Fsp3) is 1.00. The molecule has 0 saturated carbocycles. The lowest BCUT2D eigenvalue weighted by atomic mass is 10.3. The molecule has 0 aromatic rings. The first-order valence-electron chi connectivity index (χ1n) is 2.97. The van der Waals surface area contributed by atoms with E-state index < -0.39 is 0 Å². The molecule has 56 valence electrons. The van der Waals surface area contributed by atoms with Gasteiger partial charge in [0.05, 0.1) is 6.10 Å². The van der Waals surface area contributed by atoms with E-state index >= 15 is 0 Å². The van der Waals surface area contributed by atoms with E-state index in [-0.39, 0.29) is 6.10 Å².